The Morgan fingerprint density at radius 3 is 2.81 bits per heavy atom. The average molecular weight is 345 g/mol. The van der Waals surface area contributed by atoms with Crippen molar-refractivity contribution in [1.29, 1.82) is 0 Å². The van der Waals surface area contributed by atoms with Crippen LogP contribution in [0.5, 0.6) is 5.75 Å². The molecule has 0 aliphatic rings. The Bertz CT molecular complexity index is 982. The predicted molar refractivity (Wildman–Crippen MR) is 101 cm³/mol. The third-order valence-electron chi connectivity index (χ3n) is 4.22. The van der Waals surface area contributed by atoms with Crippen LogP contribution in [0.3, 0.4) is 0 Å². The van der Waals surface area contributed by atoms with Gasteiger partial charge in [0.15, 0.2) is 0 Å². The van der Waals surface area contributed by atoms with Gasteiger partial charge in [-0.1, -0.05) is 18.2 Å². The molecule has 2 N–H and O–H groups in total. The number of nitrogens with zero attached hydrogens (tertiary/aromatic N) is 3. The summed E-state index contributed by atoms with van der Waals surface area (Å²) in [5.74, 6) is 1.65. The van der Waals surface area contributed by atoms with Gasteiger partial charge < -0.3 is 15.0 Å². The second kappa shape index (κ2) is 7.23. The number of anilines is 1. The van der Waals surface area contributed by atoms with E-state index in [4.69, 9.17) is 4.74 Å². The van der Waals surface area contributed by atoms with Crippen LogP contribution >= 0.6 is 0 Å². The van der Waals surface area contributed by atoms with Crippen molar-refractivity contribution in [3.63, 3.8) is 0 Å². The van der Waals surface area contributed by atoms with Gasteiger partial charge in [0.2, 0.25) is 0 Å². The number of hydrogen-bond donors (Lipinski definition) is 2. The van der Waals surface area contributed by atoms with Gasteiger partial charge in [0, 0.05) is 30.2 Å². The van der Waals surface area contributed by atoms with Crippen molar-refractivity contribution in [2.24, 2.45) is 0 Å². The number of H-pyrrole nitrogens is 1. The van der Waals surface area contributed by atoms with E-state index in [0.29, 0.717) is 6.61 Å². The summed E-state index contributed by atoms with van der Waals surface area (Å²) in [6.07, 6.45) is 6.99. The third-order valence-corrected chi connectivity index (χ3v) is 4.22. The van der Waals surface area contributed by atoms with Crippen molar-refractivity contribution in [2.75, 3.05) is 5.32 Å². The highest BCUT2D eigenvalue weighted by atomic mass is 16.5. The second-order valence-corrected chi connectivity index (χ2v) is 6.05. The fourth-order valence-electron chi connectivity index (χ4n) is 2.78. The molecule has 1 atom stereocenters. The van der Waals surface area contributed by atoms with Crippen LogP contribution in [0, 0.1) is 0 Å². The molecule has 6 heteroatoms. The number of nitrogens with one attached hydrogen (secondary N) is 2. The number of rotatable bonds is 6. The van der Waals surface area contributed by atoms with Gasteiger partial charge in [-0.05, 0) is 36.8 Å². The van der Waals surface area contributed by atoms with Crippen molar-refractivity contribution in [1.82, 2.24) is 19.9 Å². The van der Waals surface area contributed by atoms with Crippen LogP contribution in [-0.2, 0) is 6.61 Å². The van der Waals surface area contributed by atoms with E-state index in [-0.39, 0.29) is 6.04 Å². The van der Waals surface area contributed by atoms with Gasteiger partial charge in [-0.3, -0.25) is 4.98 Å². The minimum Gasteiger partial charge on any atom is -0.489 e. The Hall–Kier alpha value is -3.41. The van der Waals surface area contributed by atoms with Gasteiger partial charge in [0.05, 0.1) is 5.39 Å². The summed E-state index contributed by atoms with van der Waals surface area (Å²) < 4.78 is 5.81. The first-order valence-electron chi connectivity index (χ1n) is 8.46. The first-order chi connectivity index (χ1) is 12.8. The molecular formula is C20H19N5O. The van der Waals surface area contributed by atoms with Crippen LogP contribution in [0.15, 0.2) is 67.4 Å². The summed E-state index contributed by atoms with van der Waals surface area (Å²) in [5, 5.41) is 4.43. The first-order valence-corrected chi connectivity index (χ1v) is 8.46. The Kier molecular flexibility index (Phi) is 4.47. The lowest BCUT2D eigenvalue weighted by Crippen LogP contribution is -2.08. The maximum atomic E-state index is 5.81. The molecule has 0 fully saturated rings. The van der Waals surface area contributed by atoms with Crippen LogP contribution in [0.4, 0.5) is 5.82 Å². The lowest BCUT2D eigenvalue weighted by Gasteiger charge is -2.16. The topological polar surface area (TPSA) is 75.7 Å². The number of hydrogen-bond acceptors (Lipinski definition) is 5. The van der Waals surface area contributed by atoms with Crippen LogP contribution in [0.1, 0.15) is 24.1 Å². The number of aromatic amines is 1. The molecule has 6 nitrogen and oxygen atoms in total. The van der Waals surface area contributed by atoms with E-state index in [9.17, 15) is 0 Å². The number of pyridine rings is 1. The Morgan fingerprint density at radius 2 is 2.00 bits per heavy atom. The van der Waals surface area contributed by atoms with Gasteiger partial charge >= 0.3 is 0 Å². The second-order valence-electron chi connectivity index (χ2n) is 6.05. The summed E-state index contributed by atoms with van der Waals surface area (Å²) in [6, 6.07) is 14.1. The van der Waals surface area contributed by atoms with Crippen LogP contribution in [-0.4, -0.2) is 19.9 Å². The van der Waals surface area contributed by atoms with Gasteiger partial charge in [-0.2, -0.15) is 0 Å². The van der Waals surface area contributed by atoms with Crippen molar-refractivity contribution in [3.05, 3.63) is 78.5 Å². The van der Waals surface area contributed by atoms with Crippen molar-refractivity contribution in [3.8, 4) is 5.75 Å². The number of benzene rings is 1. The number of fused-ring (bicyclic) bond motifs is 1. The van der Waals surface area contributed by atoms with Gasteiger partial charge in [0.25, 0.3) is 0 Å². The number of aromatic nitrogens is 4. The average Bonchev–Trinajstić information content (AvgIpc) is 3.17. The normalized spacial score (nSPS) is 12.0. The molecule has 0 saturated heterocycles. The van der Waals surface area contributed by atoms with Gasteiger partial charge in [0.1, 0.15) is 30.1 Å². The smallest absolute Gasteiger partial charge is 0.142 e. The summed E-state index contributed by atoms with van der Waals surface area (Å²) in [6.45, 7) is 2.61. The molecular weight excluding hydrogens is 326 g/mol. The fraction of sp³-hybridized carbons (Fsp3) is 0.150. The summed E-state index contributed by atoms with van der Waals surface area (Å²) in [7, 11) is 0. The molecule has 1 unspecified atom stereocenters. The summed E-state index contributed by atoms with van der Waals surface area (Å²) in [5.41, 5.74) is 3.03. The molecule has 0 amide bonds. The van der Waals surface area contributed by atoms with E-state index >= 15 is 0 Å². The molecule has 26 heavy (non-hydrogen) atoms. The molecule has 0 spiro atoms. The Morgan fingerprint density at radius 1 is 1.12 bits per heavy atom. The highest BCUT2D eigenvalue weighted by Gasteiger charge is 2.10. The summed E-state index contributed by atoms with van der Waals surface area (Å²) >= 11 is 0. The largest absolute Gasteiger partial charge is 0.489 e. The minimum absolute atomic E-state index is 0.107. The quantitative estimate of drug-likeness (QED) is 0.550. The molecule has 0 radical (unpaired) electrons. The Labute approximate surface area is 151 Å². The maximum absolute atomic E-state index is 5.81. The molecule has 1 aromatic carbocycles. The third kappa shape index (κ3) is 3.49. The van der Waals surface area contributed by atoms with Crippen molar-refractivity contribution < 1.29 is 4.74 Å². The molecule has 4 rings (SSSR count). The molecule has 0 bridgehead atoms. The zero-order valence-electron chi connectivity index (χ0n) is 14.4. The van der Waals surface area contributed by atoms with E-state index < -0.39 is 0 Å². The number of ether oxygens (including phenoxy) is 1. The van der Waals surface area contributed by atoms with E-state index in [2.05, 4.69) is 44.3 Å². The predicted octanol–water partition coefficient (Wildman–Crippen LogP) is 4.11. The van der Waals surface area contributed by atoms with E-state index in [1.807, 2.05) is 42.7 Å². The molecule has 0 saturated carbocycles. The lowest BCUT2D eigenvalue weighted by molar-refractivity contribution is 0.305. The Balaban J connectivity index is 1.42. The molecule has 130 valence electrons. The van der Waals surface area contributed by atoms with E-state index in [0.717, 1.165) is 33.7 Å². The minimum atomic E-state index is 0.107. The fourth-order valence-corrected chi connectivity index (χ4v) is 2.78. The molecule has 0 aliphatic heterocycles. The van der Waals surface area contributed by atoms with Gasteiger partial charge in [-0.25, -0.2) is 9.97 Å². The molecule has 4 aromatic rings. The standard InChI is InChI=1S/C20H19N5O/c1-14(25-20-18-8-10-22-19(18)23-13-24-20)16-4-6-17(7-5-16)26-12-15-3-2-9-21-11-15/h2-11,13-14H,12H2,1H3,(H2,22,23,24,25). The zero-order valence-corrected chi connectivity index (χ0v) is 14.4. The molecule has 3 heterocycles. The van der Waals surface area contributed by atoms with Crippen LogP contribution in [0.25, 0.3) is 11.0 Å². The monoisotopic (exact) mass is 345 g/mol. The van der Waals surface area contributed by atoms with Crippen LogP contribution in [0.2, 0.25) is 0 Å². The summed E-state index contributed by atoms with van der Waals surface area (Å²) in [4.78, 5) is 15.8. The highest BCUT2D eigenvalue weighted by Crippen LogP contribution is 2.24. The van der Waals surface area contributed by atoms with Crippen LogP contribution < -0.4 is 10.1 Å². The lowest BCUT2D eigenvalue weighted by atomic mass is 10.1. The van der Waals surface area contributed by atoms with E-state index in [1.54, 1.807) is 12.5 Å². The van der Waals surface area contributed by atoms with Gasteiger partial charge in [-0.15, -0.1) is 0 Å². The molecule has 0 aliphatic carbocycles. The highest BCUT2D eigenvalue weighted by molar-refractivity contribution is 5.86. The van der Waals surface area contributed by atoms with Crippen molar-refractivity contribution in [2.45, 2.75) is 19.6 Å². The molecule has 3 aromatic heterocycles. The maximum Gasteiger partial charge on any atom is 0.142 e. The first kappa shape index (κ1) is 16.1. The SMILES string of the molecule is CC(Nc1ncnc2[nH]ccc12)c1ccc(OCc2cccnc2)cc1. The van der Waals surface area contributed by atoms with E-state index in [1.165, 1.54) is 0 Å². The zero-order chi connectivity index (χ0) is 17.8. The van der Waals surface area contributed by atoms with Crippen molar-refractivity contribution >= 4 is 16.9 Å².